The molecule has 0 unspecified atom stereocenters. The fraction of sp³-hybridized carbons (Fsp3) is 0.118. The Morgan fingerprint density at radius 2 is 1.81 bits per heavy atom. The summed E-state index contributed by atoms with van der Waals surface area (Å²) in [6.07, 6.45) is 0. The van der Waals surface area contributed by atoms with Crippen molar-refractivity contribution in [2.24, 2.45) is 0 Å². The molecule has 3 rings (SSSR count). The fourth-order valence-corrected chi connectivity index (χ4v) is 2.29. The minimum absolute atomic E-state index is 0.301. The first-order valence-corrected chi connectivity index (χ1v) is 6.68. The molecule has 0 saturated heterocycles. The largest absolute Gasteiger partial charge is 0.353 e. The van der Waals surface area contributed by atoms with Crippen LogP contribution in [-0.2, 0) is 0 Å². The van der Waals surface area contributed by atoms with Crippen molar-refractivity contribution >= 4 is 22.3 Å². The van der Waals surface area contributed by atoms with Gasteiger partial charge in [-0.2, -0.15) is 5.26 Å². The van der Waals surface area contributed by atoms with Gasteiger partial charge in [-0.25, -0.2) is 0 Å². The van der Waals surface area contributed by atoms with Crippen molar-refractivity contribution in [1.29, 1.82) is 5.26 Å². The molecule has 0 spiro atoms. The lowest BCUT2D eigenvalue weighted by molar-refractivity contribution is 1.05. The standard InChI is InChI=1S/C17H14N4/c1-11-4-3-5-13(8-11)19-17-14-9-12(2)6-7-15(14)20-21-16(17)10-18/h3-9H,1-2H3,(H,19,20). The highest BCUT2D eigenvalue weighted by molar-refractivity contribution is 5.95. The van der Waals surface area contributed by atoms with Crippen molar-refractivity contribution in [2.75, 3.05) is 5.32 Å². The van der Waals surface area contributed by atoms with Crippen LogP contribution in [0, 0.1) is 25.2 Å². The number of nitrogens with one attached hydrogen (secondary N) is 1. The van der Waals surface area contributed by atoms with E-state index in [4.69, 9.17) is 0 Å². The lowest BCUT2D eigenvalue weighted by Crippen LogP contribution is -2.00. The summed E-state index contributed by atoms with van der Waals surface area (Å²) in [5.74, 6) is 0. The monoisotopic (exact) mass is 274 g/mol. The van der Waals surface area contributed by atoms with E-state index in [2.05, 4.69) is 21.6 Å². The van der Waals surface area contributed by atoms with Crippen LogP contribution in [0.25, 0.3) is 10.9 Å². The van der Waals surface area contributed by atoms with Crippen LogP contribution in [0.3, 0.4) is 0 Å². The number of hydrogen-bond acceptors (Lipinski definition) is 4. The van der Waals surface area contributed by atoms with E-state index in [0.29, 0.717) is 11.4 Å². The average Bonchev–Trinajstić information content (AvgIpc) is 2.48. The van der Waals surface area contributed by atoms with E-state index in [9.17, 15) is 5.26 Å². The molecule has 0 aliphatic rings. The van der Waals surface area contributed by atoms with Crippen molar-refractivity contribution in [3.05, 3.63) is 59.3 Å². The van der Waals surface area contributed by atoms with Crippen molar-refractivity contribution in [3.8, 4) is 6.07 Å². The van der Waals surface area contributed by atoms with Crippen LogP contribution in [0.2, 0.25) is 0 Å². The molecule has 2 aromatic carbocycles. The summed E-state index contributed by atoms with van der Waals surface area (Å²) in [6, 6.07) is 16.0. The van der Waals surface area contributed by atoms with E-state index in [1.165, 1.54) is 0 Å². The Bertz CT molecular complexity index is 862. The predicted molar refractivity (Wildman–Crippen MR) is 83.5 cm³/mol. The fourth-order valence-electron chi connectivity index (χ4n) is 2.29. The maximum Gasteiger partial charge on any atom is 0.187 e. The zero-order chi connectivity index (χ0) is 14.8. The third-order valence-electron chi connectivity index (χ3n) is 3.31. The molecule has 1 N–H and O–H groups in total. The molecule has 0 radical (unpaired) electrons. The number of aromatic nitrogens is 2. The molecule has 1 heterocycles. The van der Waals surface area contributed by atoms with Gasteiger partial charge in [0.25, 0.3) is 0 Å². The third-order valence-corrected chi connectivity index (χ3v) is 3.31. The Labute approximate surface area is 123 Å². The number of fused-ring (bicyclic) bond motifs is 1. The molecule has 3 aromatic rings. The molecule has 4 heteroatoms. The number of hydrogen-bond donors (Lipinski definition) is 1. The van der Waals surface area contributed by atoms with Crippen LogP contribution in [0.4, 0.5) is 11.4 Å². The van der Waals surface area contributed by atoms with Crippen molar-refractivity contribution in [1.82, 2.24) is 10.2 Å². The van der Waals surface area contributed by atoms with Crippen molar-refractivity contribution in [3.63, 3.8) is 0 Å². The number of nitriles is 1. The Balaban J connectivity index is 2.19. The summed E-state index contributed by atoms with van der Waals surface area (Å²) < 4.78 is 0. The highest BCUT2D eigenvalue weighted by atomic mass is 15.1. The van der Waals surface area contributed by atoms with E-state index in [0.717, 1.165) is 27.7 Å². The van der Waals surface area contributed by atoms with Gasteiger partial charge in [0.1, 0.15) is 6.07 Å². The second kappa shape index (κ2) is 5.22. The van der Waals surface area contributed by atoms with E-state index >= 15 is 0 Å². The SMILES string of the molecule is Cc1cccc(Nc2c(C#N)nnc3ccc(C)cc23)c1. The highest BCUT2D eigenvalue weighted by Crippen LogP contribution is 2.28. The zero-order valence-corrected chi connectivity index (χ0v) is 11.9. The van der Waals surface area contributed by atoms with Crippen LogP contribution in [0.5, 0.6) is 0 Å². The topological polar surface area (TPSA) is 61.6 Å². The molecule has 1 aromatic heterocycles. The molecule has 0 fully saturated rings. The summed E-state index contributed by atoms with van der Waals surface area (Å²) in [4.78, 5) is 0. The predicted octanol–water partition coefficient (Wildman–Crippen LogP) is 3.86. The van der Waals surface area contributed by atoms with E-state index < -0.39 is 0 Å². The van der Waals surface area contributed by atoms with Crippen molar-refractivity contribution in [2.45, 2.75) is 13.8 Å². The van der Waals surface area contributed by atoms with Gasteiger partial charge in [-0.3, -0.25) is 0 Å². The number of benzene rings is 2. The van der Waals surface area contributed by atoms with Crippen LogP contribution < -0.4 is 5.32 Å². The molecule has 102 valence electrons. The van der Waals surface area contributed by atoms with Gasteiger partial charge < -0.3 is 5.32 Å². The molecule has 0 amide bonds. The average molecular weight is 274 g/mol. The van der Waals surface area contributed by atoms with Crippen molar-refractivity contribution < 1.29 is 0 Å². The first kappa shape index (κ1) is 13.1. The Hall–Kier alpha value is -2.93. The lowest BCUT2D eigenvalue weighted by Gasteiger charge is -2.11. The van der Waals surface area contributed by atoms with Gasteiger partial charge in [0, 0.05) is 11.1 Å². The number of nitrogens with zero attached hydrogens (tertiary/aromatic N) is 3. The number of rotatable bonds is 2. The van der Waals surface area contributed by atoms with E-state index in [1.807, 2.05) is 56.3 Å². The molecular formula is C17H14N4. The zero-order valence-electron chi connectivity index (χ0n) is 11.9. The summed E-state index contributed by atoms with van der Waals surface area (Å²) in [7, 11) is 0. The normalized spacial score (nSPS) is 10.3. The third kappa shape index (κ3) is 2.54. The Kier molecular flexibility index (Phi) is 3.25. The van der Waals surface area contributed by atoms with Gasteiger partial charge in [0.05, 0.1) is 11.2 Å². The minimum atomic E-state index is 0.301. The molecule has 0 aliphatic carbocycles. The Morgan fingerprint density at radius 1 is 1.00 bits per heavy atom. The van der Waals surface area contributed by atoms with Gasteiger partial charge in [-0.15, -0.1) is 10.2 Å². The molecule has 0 bridgehead atoms. The summed E-state index contributed by atoms with van der Waals surface area (Å²) in [5.41, 5.74) is 4.98. The smallest absolute Gasteiger partial charge is 0.187 e. The van der Waals surface area contributed by atoms with Crippen LogP contribution in [0.1, 0.15) is 16.8 Å². The molecule has 0 saturated carbocycles. The second-order valence-electron chi connectivity index (χ2n) is 5.05. The van der Waals surface area contributed by atoms with Gasteiger partial charge in [0.15, 0.2) is 5.69 Å². The van der Waals surface area contributed by atoms with Gasteiger partial charge >= 0.3 is 0 Å². The van der Waals surface area contributed by atoms with Gasteiger partial charge in [-0.1, -0.05) is 23.8 Å². The number of anilines is 2. The second-order valence-corrected chi connectivity index (χ2v) is 5.05. The summed E-state index contributed by atoms with van der Waals surface area (Å²) in [6.45, 7) is 4.05. The van der Waals surface area contributed by atoms with E-state index in [1.54, 1.807) is 0 Å². The van der Waals surface area contributed by atoms with Gasteiger partial charge in [-0.05, 0) is 43.7 Å². The van der Waals surface area contributed by atoms with E-state index in [-0.39, 0.29) is 0 Å². The molecule has 0 atom stereocenters. The summed E-state index contributed by atoms with van der Waals surface area (Å²) >= 11 is 0. The molecule has 21 heavy (non-hydrogen) atoms. The number of aryl methyl sites for hydroxylation is 2. The first-order chi connectivity index (χ1) is 10.2. The van der Waals surface area contributed by atoms with Crippen LogP contribution >= 0.6 is 0 Å². The highest BCUT2D eigenvalue weighted by Gasteiger charge is 2.11. The Morgan fingerprint density at radius 3 is 2.57 bits per heavy atom. The van der Waals surface area contributed by atoms with Crippen LogP contribution in [-0.4, -0.2) is 10.2 Å². The molecule has 0 aliphatic heterocycles. The first-order valence-electron chi connectivity index (χ1n) is 6.68. The minimum Gasteiger partial charge on any atom is -0.353 e. The molecular weight excluding hydrogens is 260 g/mol. The van der Waals surface area contributed by atoms with Gasteiger partial charge in [0.2, 0.25) is 0 Å². The lowest BCUT2D eigenvalue weighted by atomic mass is 10.1. The molecule has 4 nitrogen and oxygen atoms in total. The quantitative estimate of drug-likeness (QED) is 0.770. The maximum absolute atomic E-state index is 9.29. The summed E-state index contributed by atoms with van der Waals surface area (Å²) in [5, 5.41) is 21.6. The maximum atomic E-state index is 9.29. The van der Waals surface area contributed by atoms with Crippen LogP contribution in [0.15, 0.2) is 42.5 Å².